The number of fused-ring (bicyclic) bond motifs is 1. The lowest BCUT2D eigenvalue weighted by Crippen LogP contribution is -2.39. The minimum Gasteiger partial charge on any atom is -0.349 e. The monoisotopic (exact) mass is 239 g/mol. The van der Waals surface area contributed by atoms with Crippen molar-refractivity contribution in [3.63, 3.8) is 0 Å². The molecule has 5 heteroatoms. The highest BCUT2D eigenvalue weighted by Crippen LogP contribution is 2.27. The molecular weight excluding hydrogens is 218 g/mol. The summed E-state index contributed by atoms with van der Waals surface area (Å²) in [5.74, 6) is 0.790. The molecule has 0 unspecified atom stereocenters. The van der Waals surface area contributed by atoms with Gasteiger partial charge in [-0.05, 0) is 12.3 Å². The number of hydrogen-bond acceptors (Lipinski definition) is 3. The summed E-state index contributed by atoms with van der Waals surface area (Å²) in [7, 11) is 3.44. The van der Waals surface area contributed by atoms with E-state index >= 15 is 0 Å². The number of carbonyl (C=O) groups excluding carboxylic acids is 2. The second-order valence-electron chi connectivity index (χ2n) is 5.15. The van der Waals surface area contributed by atoms with Crippen LogP contribution in [0.3, 0.4) is 0 Å². The maximum absolute atomic E-state index is 12.0. The summed E-state index contributed by atoms with van der Waals surface area (Å²) in [6.07, 6.45) is 1.78. The van der Waals surface area contributed by atoms with Crippen LogP contribution in [0.4, 0.5) is 0 Å². The Bertz CT molecular complexity index is 317. The third kappa shape index (κ3) is 2.60. The fraction of sp³-hybridized carbons (Fsp3) is 0.833. The Morgan fingerprint density at radius 2 is 2.06 bits per heavy atom. The predicted octanol–water partition coefficient (Wildman–Crippen LogP) is -0.325. The van der Waals surface area contributed by atoms with Crippen LogP contribution >= 0.6 is 0 Å². The Labute approximate surface area is 102 Å². The number of nitrogens with zero attached hydrogens (tertiary/aromatic N) is 2. The number of carbonyl (C=O) groups is 2. The van der Waals surface area contributed by atoms with Gasteiger partial charge in [0.15, 0.2) is 0 Å². The van der Waals surface area contributed by atoms with Crippen molar-refractivity contribution in [3.05, 3.63) is 0 Å². The molecule has 0 aromatic carbocycles. The first-order valence-electron chi connectivity index (χ1n) is 6.30. The van der Waals surface area contributed by atoms with Gasteiger partial charge in [-0.15, -0.1) is 0 Å². The Morgan fingerprint density at radius 1 is 1.29 bits per heavy atom. The minimum absolute atomic E-state index is 0.0265. The first-order chi connectivity index (χ1) is 8.09. The van der Waals surface area contributed by atoms with E-state index in [1.807, 2.05) is 4.90 Å². The standard InChI is InChI=1S/C12H21N3O2/c1-14(2)11(16)3-4-12(17)15-6-5-9-7-13-8-10(9)15/h9-10,13H,3-8H2,1-2H3/t9-,10+/m1/s1. The van der Waals surface area contributed by atoms with Gasteiger partial charge in [0, 0.05) is 52.6 Å². The van der Waals surface area contributed by atoms with E-state index in [0.717, 1.165) is 26.1 Å². The molecule has 0 bridgehead atoms. The van der Waals surface area contributed by atoms with E-state index in [2.05, 4.69) is 5.32 Å². The summed E-state index contributed by atoms with van der Waals surface area (Å²) in [6, 6.07) is 0.372. The Balaban J connectivity index is 1.82. The van der Waals surface area contributed by atoms with E-state index in [0.29, 0.717) is 24.8 Å². The normalized spacial score (nSPS) is 27.1. The fourth-order valence-electron chi connectivity index (χ4n) is 2.74. The van der Waals surface area contributed by atoms with Crippen LogP contribution in [0.25, 0.3) is 0 Å². The largest absolute Gasteiger partial charge is 0.349 e. The van der Waals surface area contributed by atoms with Crippen LogP contribution in [-0.2, 0) is 9.59 Å². The lowest BCUT2D eigenvalue weighted by atomic mass is 10.1. The van der Waals surface area contributed by atoms with Crippen LogP contribution < -0.4 is 5.32 Å². The smallest absolute Gasteiger partial charge is 0.223 e. The summed E-state index contributed by atoms with van der Waals surface area (Å²) < 4.78 is 0. The van der Waals surface area contributed by atoms with Gasteiger partial charge in [0.1, 0.15) is 0 Å². The summed E-state index contributed by atoms with van der Waals surface area (Å²) in [5.41, 5.74) is 0. The lowest BCUT2D eigenvalue weighted by molar-refractivity contribution is -0.136. The van der Waals surface area contributed by atoms with E-state index in [-0.39, 0.29) is 11.8 Å². The molecule has 2 fully saturated rings. The van der Waals surface area contributed by atoms with Crippen molar-refractivity contribution in [2.75, 3.05) is 33.7 Å². The Kier molecular flexibility index (Phi) is 3.66. The summed E-state index contributed by atoms with van der Waals surface area (Å²) in [5, 5.41) is 3.32. The van der Waals surface area contributed by atoms with Gasteiger partial charge in [0.2, 0.25) is 11.8 Å². The third-order valence-corrected chi connectivity index (χ3v) is 3.82. The summed E-state index contributed by atoms with van der Waals surface area (Å²) >= 11 is 0. The van der Waals surface area contributed by atoms with Gasteiger partial charge in [-0.2, -0.15) is 0 Å². The molecule has 0 spiro atoms. The zero-order valence-corrected chi connectivity index (χ0v) is 10.6. The van der Waals surface area contributed by atoms with Crippen molar-refractivity contribution in [2.45, 2.75) is 25.3 Å². The van der Waals surface area contributed by atoms with Crippen LogP contribution in [0, 0.1) is 5.92 Å². The highest BCUT2D eigenvalue weighted by molar-refractivity contribution is 5.84. The Hall–Kier alpha value is -1.10. The molecule has 96 valence electrons. The van der Waals surface area contributed by atoms with Crippen molar-refractivity contribution >= 4 is 11.8 Å². The highest BCUT2D eigenvalue weighted by atomic mass is 16.2. The highest BCUT2D eigenvalue weighted by Gasteiger charge is 2.39. The van der Waals surface area contributed by atoms with Gasteiger partial charge in [-0.3, -0.25) is 9.59 Å². The quantitative estimate of drug-likeness (QED) is 0.734. The lowest BCUT2D eigenvalue weighted by Gasteiger charge is -2.23. The van der Waals surface area contributed by atoms with Crippen molar-refractivity contribution < 1.29 is 9.59 Å². The summed E-state index contributed by atoms with van der Waals surface area (Å²) in [4.78, 5) is 27.0. The zero-order valence-electron chi connectivity index (χ0n) is 10.6. The van der Waals surface area contributed by atoms with Crippen molar-refractivity contribution in [2.24, 2.45) is 5.92 Å². The van der Waals surface area contributed by atoms with E-state index in [9.17, 15) is 9.59 Å². The number of nitrogens with one attached hydrogen (secondary N) is 1. The second-order valence-corrected chi connectivity index (χ2v) is 5.15. The Morgan fingerprint density at radius 3 is 2.76 bits per heavy atom. The second kappa shape index (κ2) is 5.04. The van der Waals surface area contributed by atoms with Gasteiger partial charge in [-0.1, -0.05) is 0 Å². The molecule has 2 aliphatic heterocycles. The van der Waals surface area contributed by atoms with Crippen molar-refractivity contribution in [1.82, 2.24) is 15.1 Å². The average Bonchev–Trinajstić information content (AvgIpc) is 2.86. The molecule has 2 atom stereocenters. The number of rotatable bonds is 3. The molecule has 2 heterocycles. The molecule has 5 nitrogen and oxygen atoms in total. The SMILES string of the molecule is CN(C)C(=O)CCC(=O)N1CC[C@@H]2CNC[C@@H]21. The first kappa shape index (κ1) is 12.4. The van der Waals surface area contributed by atoms with Gasteiger partial charge in [0.05, 0.1) is 0 Å². The zero-order chi connectivity index (χ0) is 12.4. The molecule has 0 aliphatic carbocycles. The van der Waals surface area contributed by atoms with Gasteiger partial charge >= 0.3 is 0 Å². The third-order valence-electron chi connectivity index (χ3n) is 3.82. The van der Waals surface area contributed by atoms with Crippen LogP contribution in [0.1, 0.15) is 19.3 Å². The van der Waals surface area contributed by atoms with Crippen molar-refractivity contribution in [3.8, 4) is 0 Å². The van der Waals surface area contributed by atoms with E-state index < -0.39 is 0 Å². The maximum atomic E-state index is 12.0. The predicted molar refractivity (Wildman–Crippen MR) is 64.4 cm³/mol. The van der Waals surface area contributed by atoms with E-state index in [1.54, 1.807) is 14.1 Å². The minimum atomic E-state index is 0.0265. The molecule has 17 heavy (non-hydrogen) atoms. The maximum Gasteiger partial charge on any atom is 0.223 e. The molecule has 0 radical (unpaired) electrons. The number of hydrogen-bond donors (Lipinski definition) is 1. The van der Waals surface area contributed by atoms with Crippen LogP contribution in [0.2, 0.25) is 0 Å². The van der Waals surface area contributed by atoms with Crippen LogP contribution in [0.15, 0.2) is 0 Å². The molecule has 2 rings (SSSR count). The van der Waals surface area contributed by atoms with Gasteiger partial charge < -0.3 is 15.1 Å². The van der Waals surface area contributed by atoms with Gasteiger partial charge in [0.25, 0.3) is 0 Å². The summed E-state index contributed by atoms with van der Waals surface area (Å²) in [6.45, 7) is 2.81. The fourth-order valence-corrected chi connectivity index (χ4v) is 2.74. The number of likely N-dealkylation sites (tertiary alicyclic amines) is 1. The topological polar surface area (TPSA) is 52.7 Å². The number of amides is 2. The molecule has 1 N–H and O–H groups in total. The molecular formula is C12H21N3O2. The molecule has 0 aromatic heterocycles. The van der Waals surface area contributed by atoms with Crippen molar-refractivity contribution in [1.29, 1.82) is 0 Å². The van der Waals surface area contributed by atoms with E-state index in [1.165, 1.54) is 4.90 Å². The average molecular weight is 239 g/mol. The van der Waals surface area contributed by atoms with E-state index in [4.69, 9.17) is 0 Å². The molecule has 0 saturated carbocycles. The molecule has 0 aromatic rings. The van der Waals surface area contributed by atoms with Crippen LogP contribution in [0.5, 0.6) is 0 Å². The molecule has 2 aliphatic rings. The first-order valence-corrected chi connectivity index (χ1v) is 6.30. The van der Waals surface area contributed by atoms with Gasteiger partial charge in [-0.25, -0.2) is 0 Å². The molecule has 2 amide bonds. The van der Waals surface area contributed by atoms with Crippen LogP contribution in [-0.4, -0.2) is 61.4 Å². The molecule has 2 saturated heterocycles.